The summed E-state index contributed by atoms with van der Waals surface area (Å²) in [5, 5.41) is 75.8. The van der Waals surface area contributed by atoms with Gasteiger partial charge in [-0.05, 0) is 83.5 Å². The van der Waals surface area contributed by atoms with Crippen molar-refractivity contribution in [2.75, 3.05) is 13.2 Å². The Bertz CT molecular complexity index is 1230. The molecule has 0 aromatic rings. The van der Waals surface area contributed by atoms with Crippen LogP contribution in [0.5, 0.6) is 0 Å². The lowest BCUT2D eigenvalue weighted by Gasteiger charge is -2.40. The first-order valence-electron chi connectivity index (χ1n) is 27.5. The average molecular weight is 950 g/mol. The number of nitrogens with one attached hydrogen (secondary N) is 1. The molecule has 0 saturated carbocycles. The van der Waals surface area contributed by atoms with Gasteiger partial charge in [0.1, 0.15) is 36.6 Å². The van der Waals surface area contributed by atoms with Crippen LogP contribution < -0.4 is 5.32 Å². The van der Waals surface area contributed by atoms with Crippen LogP contribution in [0.2, 0.25) is 0 Å². The number of hydrogen-bond acceptors (Lipinski definition) is 10. The topological polar surface area (TPSA) is 189 Å². The summed E-state index contributed by atoms with van der Waals surface area (Å²) in [5.41, 5.74) is 0. The Labute approximate surface area is 409 Å². The quantitative estimate of drug-likeness (QED) is 0.0215. The molecule has 67 heavy (non-hydrogen) atoms. The molecule has 1 aliphatic heterocycles. The Kier molecular flexibility index (Phi) is 42.6. The van der Waals surface area contributed by atoms with Crippen LogP contribution in [0.3, 0.4) is 0 Å². The Balaban J connectivity index is 2.28. The third kappa shape index (κ3) is 34.1. The second-order valence-electron chi connectivity index (χ2n) is 19.3. The van der Waals surface area contributed by atoms with Gasteiger partial charge in [-0.2, -0.15) is 0 Å². The van der Waals surface area contributed by atoms with Crippen LogP contribution in [-0.2, 0) is 14.3 Å². The van der Waals surface area contributed by atoms with Crippen molar-refractivity contribution in [3.05, 3.63) is 48.6 Å². The van der Waals surface area contributed by atoms with E-state index in [1.165, 1.54) is 141 Å². The summed E-state index contributed by atoms with van der Waals surface area (Å²) in [4.78, 5) is 13.1. The van der Waals surface area contributed by atoms with Gasteiger partial charge in [0, 0.05) is 0 Å². The minimum absolute atomic E-state index is 0.244. The highest BCUT2D eigenvalue weighted by atomic mass is 16.7. The van der Waals surface area contributed by atoms with Gasteiger partial charge < -0.3 is 50.5 Å². The zero-order valence-electron chi connectivity index (χ0n) is 42.6. The molecule has 1 saturated heterocycles. The van der Waals surface area contributed by atoms with Crippen molar-refractivity contribution in [2.24, 2.45) is 0 Å². The molecule has 1 fully saturated rings. The van der Waals surface area contributed by atoms with E-state index < -0.39 is 74.2 Å². The number of hydrogen-bond donors (Lipinski definition) is 8. The van der Waals surface area contributed by atoms with Gasteiger partial charge in [-0.15, -0.1) is 0 Å². The number of carbonyl (C=O) groups is 1. The van der Waals surface area contributed by atoms with Crippen molar-refractivity contribution in [1.29, 1.82) is 0 Å². The lowest BCUT2D eigenvalue weighted by Crippen LogP contribution is -2.60. The second kappa shape index (κ2) is 45.2. The highest BCUT2D eigenvalue weighted by Gasteiger charge is 2.44. The maximum Gasteiger partial charge on any atom is 0.249 e. The molecule has 0 spiro atoms. The van der Waals surface area contributed by atoms with Gasteiger partial charge in [-0.25, -0.2) is 0 Å². The molecule has 0 aromatic carbocycles. The van der Waals surface area contributed by atoms with Crippen LogP contribution in [0.1, 0.15) is 232 Å². The predicted molar refractivity (Wildman–Crippen MR) is 275 cm³/mol. The zero-order valence-corrected chi connectivity index (χ0v) is 42.6. The lowest BCUT2D eigenvalue weighted by molar-refractivity contribution is -0.303. The zero-order chi connectivity index (χ0) is 49.0. The number of amides is 1. The van der Waals surface area contributed by atoms with Gasteiger partial charge in [-0.3, -0.25) is 4.79 Å². The van der Waals surface area contributed by atoms with E-state index in [1.54, 1.807) is 0 Å². The summed E-state index contributed by atoms with van der Waals surface area (Å²) in [6.07, 6.45) is 44.7. The van der Waals surface area contributed by atoms with Crippen LogP contribution in [-0.4, -0.2) is 110 Å². The first kappa shape index (κ1) is 63.1. The van der Waals surface area contributed by atoms with E-state index in [2.05, 4.69) is 67.8 Å². The minimum Gasteiger partial charge on any atom is -0.394 e. The summed E-state index contributed by atoms with van der Waals surface area (Å²) in [5.74, 6) is -0.713. The van der Waals surface area contributed by atoms with E-state index in [0.717, 1.165) is 44.9 Å². The number of ether oxygens (including phenoxy) is 2. The van der Waals surface area contributed by atoms with Crippen LogP contribution in [0.25, 0.3) is 0 Å². The van der Waals surface area contributed by atoms with E-state index >= 15 is 0 Å². The largest absolute Gasteiger partial charge is 0.394 e. The molecule has 392 valence electrons. The highest BCUT2D eigenvalue weighted by molar-refractivity contribution is 5.80. The average Bonchev–Trinajstić information content (AvgIpc) is 3.33. The van der Waals surface area contributed by atoms with Crippen LogP contribution in [0.15, 0.2) is 48.6 Å². The van der Waals surface area contributed by atoms with E-state index in [4.69, 9.17) is 9.47 Å². The number of allylic oxidation sites excluding steroid dienone is 8. The molecule has 0 radical (unpaired) electrons. The standard InChI is InChI=1S/C56H103NO10/c1-3-5-7-9-11-13-15-17-18-19-20-21-22-23-24-25-26-27-28-29-30-31-32-34-36-38-40-42-44-49(60)55(65)57-47(46-66-56-54(64)53(63)52(62)50(45-58)67-56)51(61)48(59)43-41-39-37-35-33-16-14-12-10-8-6-4-2/h12,14,20-21,23-24,35,37,47-54,56,58-64H,3-11,13,15-19,22,25-34,36,38-46H2,1-2H3,(H,57,65)/b14-12+,21-20-,24-23-,37-35+. The number of unbranched alkanes of at least 4 members (excludes halogenated alkanes) is 26. The van der Waals surface area contributed by atoms with E-state index in [9.17, 15) is 40.5 Å². The van der Waals surface area contributed by atoms with E-state index in [-0.39, 0.29) is 12.8 Å². The number of carbonyl (C=O) groups excluding carboxylic acids is 1. The third-order valence-electron chi connectivity index (χ3n) is 13.1. The van der Waals surface area contributed by atoms with Gasteiger partial charge in [0.15, 0.2) is 6.29 Å². The third-order valence-corrected chi connectivity index (χ3v) is 13.1. The van der Waals surface area contributed by atoms with Gasteiger partial charge in [0.25, 0.3) is 0 Å². The van der Waals surface area contributed by atoms with Crippen molar-refractivity contribution in [3.63, 3.8) is 0 Å². The molecule has 0 aromatic heterocycles. The maximum absolute atomic E-state index is 13.1. The normalized spacial score (nSPS) is 21.0. The molecule has 8 N–H and O–H groups in total. The summed E-state index contributed by atoms with van der Waals surface area (Å²) in [6.45, 7) is 3.39. The molecule has 1 amide bonds. The van der Waals surface area contributed by atoms with Crippen molar-refractivity contribution >= 4 is 5.91 Å². The predicted octanol–water partition coefficient (Wildman–Crippen LogP) is 10.9. The van der Waals surface area contributed by atoms with E-state index in [0.29, 0.717) is 19.3 Å². The van der Waals surface area contributed by atoms with Gasteiger partial charge >= 0.3 is 0 Å². The summed E-state index contributed by atoms with van der Waals surface area (Å²) in [7, 11) is 0. The summed E-state index contributed by atoms with van der Waals surface area (Å²) >= 11 is 0. The van der Waals surface area contributed by atoms with Gasteiger partial charge in [0.05, 0.1) is 25.4 Å². The fourth-order valence-electron chi connectivity index (χ4n) is 8.55. The van der Waals surface area contributed by atoms with Crippen LogP contribution >= 0.6 is 0 Å². The monoisotopic (exact) mass is 950 g/mol. The van der Waals surface area contributed by atoms with Gasteiger partial charge in [-0.1, -0.05) is 197 Å². The van der Waals surface area contributed by atoms with E-state index in [1.807, 2.05) is 0 Å². The first-order valence-corrected chi connectivity index (χ1v) is 27.5. The number of aliphatic hydroxyl groups excluding tert-OH is 7. The van der Waals surface area contributed by atoms with Crippen molar-refractivity contribution < 1.29 is 50.0 Å². The molecule has 0 aliphatic carbocycles. The van der Waals surface area contributed by atoms with Crippen molar-refractivity contribution in [1.82, 2.24) is 5.32 Å². The molecular formula is C56H103NO10. The van der Waals surface area contributed by atoms with Crippen LogP contribution in [0.4, 0.5) is 0 Å². The molecule has 1 rings (SSSR count). The van der Waals surface area contributed by atoms with Gasteiger partial charge in [0.2, 0.25) is 5.91 Å². The Hall–Kier alpha value is -1.93. The van der Waals surface area contributed by atoms with Crippen LogP contribution in [0, 0.1) is 0 Å². The SMILES string of the molecule is CCCCC/C=C/CC/C=C/CCCC(O)C(O)C(COC1OC(CO)C(O)C(O)C1O)NC(=O)C(O)CCCCCCCCCCCCCC/C=C\C/C=C\CCCCCCCCCCC. The summed E-state index contributed by atoms with van der Waals surface area (Å²) in [6, 6.07) is -1.19. The van der Waals surface area contributed by atoms with Crippen molar-refractivity contribution in [2.45, 2.75) is 287 Å². The number of rotatable bonds is 46. The minimum atomic E-state index is -1.67. The van der Waals surface area contributed by atoms with Crippen molar-refractivity contribution in [3.8, 4) is 0 Å². The molecule has 9 unspecified atom stereocenters. The Morgan fingerprint density at radius 3 is 1.45 bits per heavy atom. The molecular weight excluding hydrogens is 847 g/mol. The number of aliphatic hydroxyl groups is 7. The maximum atomic E-state index is 13.1. The Morgan fingerprint density at radius 1 is 0.522 bits per heavy atom. The molecule has 1 heterocycles. The smallest absolute Gasteiger partial charge is 0.249 e. The molecule has 1 aliphatic rings. The summed E-state index contributed by atoms with van der Waals surface area (Å²) < 4.78 is 11.1. The highest BCUT2D eigenvalue weighted by Crippen LogP contribution is 2.23. The molecule has 9 atom stereocenters. The fraction of sp³-hybridized carbons (Fsp3) is 0.839. The lowest BCUT2D eigenvalue weighted by atomic mass is 9.98. The molecule has 11 heteroatoms. The second-order valence-corrected chi connectivity index (χ2v) is 19.3. The molecule has 0 bridgehead atoms. The first-order chi connectivity index (χ1) is 32.7. The molecule has 11 nitrogen and oxygen atoms in total. The fourth-order valence-corrected chi connectivity index (χ4v) is 8.55. The Morgan fingerprint density at radius 2 is 0.940 bits per heavy atom.